The maximum absolute atomic E-state index is 13.6. The molecule has 0 radical (unpaired) electrons. The molecule has 0 aliphatic carbocycles. The number of piperidine rings is 1. The lowest BCUT2D eigenvalue weighted by Crippen LogP contribution is -2.50. The standard InChI is InChI=1S/C19H17F2N3O2S.2ClH/c20-14-2-1-11(7-15(14)21)13-3-5-22-8-16(13)23-18(25)17-10-27-19(24-17)12-4-6-26-9-12;;/h1-2,4,6-7,9-10,13,16,22H,3,5,8H2,(H,23,25);2*1H. The van der Waals surface area contributed by atoms with Gasteiger partial charge in [0, 0.05) is 29.4 Å². The van der Waals surface area contributed by atoms with Crippen molar-refractivity contribution in [3.8, 4) is 10.6 Å². The normalized spacial score (nSPS) is 18.4. The molecule has 0 bridgehead atoms. The number of carbonyl (C=O) groups is 1. The number of nitrogens with one attached hydrogen (secondary N) is 2. The van der Waals surface area contributed by atoms with Crippen LogP contribution in [0.3, 0.4) is 0 Å². The van der Waals surface area contributed by atoms with Gasteiger partial charge in [-0.1, -0.05) is 6.07 Å². The smallest absolute Gasteiger partial charge is 0.271 e. The largest absolute Gasteiger partial charge is 0.472 e. The molecule has 1 saturated heterocycles. The average Bonchev–Trinajstić information content (AvgIpc) is 3.36. The second kappa shape index (κ2) is 10.2. The molecule has 1 aliphatic heterocycles. The van der Waals surface area contributed by atoms with Crippen molar-refractivity contribution in [2.45, 2.75) is 18.4 Å². The predicted octanol–water partition coefficient (Wildman–Crippen LogP) is 4.40. The SMILES string of the molecule is Cl.Cl.O=C(NC1CNCCC1c1ccc(F)c(F)c1)c1csc(-c2ccoc2)n1. The zero-order valence-electron chi connectivity index (χ0n) is 15.1. The van der Waals surface area contributed by atoms with Crippen LogP contribution < -0.4 is 10.6 Å². The Balaban J connectivity index is 0.00000150. The number of nitrogens with zero attached hydrogens (tertiary/aromatic N) is 1. The highest BCUT2D eigenvalue weighted by molar-refractivity contribution is 7.13. The van der Waals surface area contributed by atoms with Gasteiger partial charge in [-0.3, -0.25) is 4.79 Å². The van der Waals surface area contributed by atoms with Gasteiger partial charge in [0.1, 0.15) is 17.0 Å². The van der Waals surface area contributed by atoms with Crippen molar-refractivity contribution < 1.29 is 18.0 Å². The van der Waals surface area contributed by atoms with Gasteiger partial charge in [-0.25, -0.2) is 13.8 Å². The summed E-state index contributed by atoms with van der Waals surface area (Å²) in [7, 11) is 0. The van der Waals surface area contributed by atoms with Crippen molar-refractivity contribution in [3.63, 3.8) is 0 Å². The van der Waals surface area contributed by atoms with Crippen LogP contribution in [0.15, 0.2) is 46.6 Å². The lowest BCUT2D eigenvalue weighted by molar-refractivity contribution is 0.0920. The Bertz CT molecular complexity index is 953. The van der Waals surface area contributed by atoms with Crippen molar-refractivity contribution in [2.24, 2.45) is 0 Å². The summed E-state index contributed by atoms with van der Waals surface area (Å²) in [5, 5.41) is 8.61. The van der Waals surface area contributed by atoms with Crippen molar-refractivity contribution in [1.82, 2.24) is 15.6 Å². The summed E-state index contributed by atoms with van der Waals surface area (Å²) in [5.41, 5.74) is 1.82. The summed E-state index contributed by atoms with van der Waals surface area (Å²) in [4.78, 5) is 17.0. The maximum Gasteiger partial charge on any atom is 0.271 e. The van der Waals surface area contributed by atoms with Gasteiger partial charge < -0.3 is 15.1 Å². The van der Waals surface area contributed by atoms with Gasteiger partial charge in [0.05, 0.1) is 6.26 Å². The van der Waals surface area contributed by atoms with E-state index in [9.17, 15) is 13.6 Å². The Morgan fingerprint density at radius 2 is 2.07 bits per heavy atom. The van der Waals surface area contributed by atoms with Crippen molar-refractivity contribution >= 4 is 42.1 Å². The molecule has 2 unspecified atom stereocenters. The first kappa shape index (κ1) is 23.3. The molecule has 29 heavy (non-hydrogen) atoms. The summed E-state index contributed by atoms with van der Waals surface area (Å²) in [5.74, 6) is -2.14. The number of hydrogen-bond donors (Lipinski definition) is 2. The number of benzene rings is 1. The molecule has 1 aliphatic rings. The first-order chi connectivity index (χ1) is 13.1. The van der Waals surface area contributed by atoms with E-state index in [0.717, 1.165) is 18.2 Å². The minimum atomic E-state index is -0.875. The molecule has 5 nitrogen and oxygen atoms in total. The van der Waals surface area contributed by atoms with Crippen LogP contribution in [0.25, 0.3) is 10.6 Å². The summed E-state index contributed by atoms with van der Waals surface area (Å²) < 4.78 is 31.9. The monoisotopic (exact) mass is 461 g/mol. The third-order valence-corrected chi connectivity index (χ3v) is 5.57. The van der Waals surface area contributed by atoms with E-state index in [1.807, 2.05) is 0 Å². The van der Waals surface area contributed by atoms with Crippen LogP contribution in [0, 0.1) is 11.6 Å². The Labute approximate surface area is 182 Å². The Morgan fingerprint density at radius 3 is 2.79 bits per heavy atom. The lowest BCUT2D eigenvalue weighted by atomic mass is 9.86. The molecule has 2 atom stereocenters. The second-order valence-corrected chi connectivity index (χ2v) is 7.26. The number of furan rings is 1. The summed E-state index contributed by atoms with van der Waals surface area (Å²) in [6, 6.07) is 5.46. The topological polar surface area (TPSA) is 67.2 Å². The molecule has 1 amide bonds. The van der Waals surface area contributed by atoms with Gasteiger partial charge in [-0.2, -0.15) is 0 Å². The molecular formula is C19H19Cl2F2N3O2S. The van der Waals surface area contributed by atoms with E-state index in [4.69, 9.17) is 4.42 Å². The van der Waals surface area contributed by atoms with E-state index < -0.39 is 11.6 Å². The molecule has 0 spiro atoms. The van der Waals surface area contributed by atoms with Gasteiger partial charge in [0.25, 0.3) is 5.91 Å². The van der Waals surface area contributed by atoms with Crippen LogP contribution in [0.1, 0.15) is 28.4 Å². The fourth-order valence-corrected chi connectivity index (χ4v) is 4.08. The minimum Gasteiger partial charge on any atom is -0.472 e. The fourth-order valence-electron chi connectivity index (χ4n) is 3.29. The molecule has 1 aromatic carbocycles. The molecule has 2 N–H and O–H groups in total. The van der Waals surface area contributed by atoms with Crippen LogP contribution in [0.2, 0.25) is 0 Å². The quantitative estimate of drug-likeness (QED) is 0.603. The third-order valence-electron chi connectivity index (χ3n) is 4.68. The highest BCUT2D eigenvalue weighted by Gasteiger charge is 2.29. The van der Waals surface area contributed by atoms with E-state index in [-0.39, 0.29) is 42.7 Å². The average molecular weight is 462 g/mol. The number of hydrogen-bond acceptors (Lipinski definition) is 5. The van der Waals surface area contributed by atoms with Crippen LogP contribution in [0.5, 0.6) is 0 Å². The van der Waals surface area contributed by atoms with Crippen LogP contribution in [-0.4, -0.2) is 30.0 Å². The van der Waals surface area contributed by atoms with E-state index >= 15 is 0 Å². The van der Waals surface area contributed by atoms with Gasteiger partial charge in [-0.05, 0) is 36.7 Å². The molecule has 1 fully saturated rings. The van der Waals surface area contributed by atoms with Crippen molar-refractivity contribution in [3.05, 3.63) is 65.1 Å². The van der Waals surface area contributed by atoms with Crippen LogP contribution >= 0.6 is 36.2 Å². The van der Waals surface area contributed by atoms with E-state index in [0.29, 0.717) is 29.2 Å². The molecular weight excluding hydrogens is 443 g/mol. The maximum atomic E-state index is 13.6. The highest BCUT2D eigenvalue weighted by Crippen LogP contribution is 2.28. The number of amides is 1. The van der Waals surface area contributed by atoms with Gasteiger partial charge in [0.2, 0.25) is 0 Å². The lowest BCUT2D eigenvalue weighted by Gasteiger charge is -2.33. The molecule has 0 saturated carbocycles. The summed E-state index contributed by atoms with van der Waals surface area (Å²) in [6.45, 7) is 1.30. The second-order valence-electron chi connectivity index (χ2n) is 6.40. The summed E-state index contributed by atoms with van der Waals surface area (Å²) in [6.07, 6.45) is 3.84. The zero-order chi connectivity index (χ0) is 18.8. The van der Waals surface area contributed by atoms with Gasteiger partial charge in [0.15, 0.2) is 11.6 Å². The molecule has 10 heteroatoms. The number of carbonyl (C=O) groups excluding carboxylic acids is 1. The van der Waals surface area contributed by atoms with Gasteiger partial charge >= 0.3 is 0 Å². The van der Waals surface area contributed by atoms with Crippen molar-refractivity contribution in [2.75, 3.05) is 13.1 Å². The van der Waals surface area contributed by atoms with Crippen LogP contribution in [0.4, 0.5) is 8.78 Å². The molecule has 4 rings (SSSR count). The van der Waals surface area contributed by atoms with E-state index in [1.54, 1.807) is 30.0 Å². The van der Waals surface area contributed by atoms with Crippen LogP contribution in [-0.2, 0) is 0 Å². The fraction of sp³-hybridized carbons (Fsp3) is 0.263. The molecule has 2 aromatic heterocycles. The number of thiazole rings is 1. The summed E-state index contributed by atoms with van der Waals surface area (Å²) >= 11 is 1.36. The number of aromatic nitrogens is 1. The number of halogens is 4. The highest BCUT2D eigenvalue weighted by atomic mass is 35.5. The zero-order valence-corrected chi connectivity index (χ0v) is 17.5. The predicted molar refractivity (Wildman–Crippen MR) is 112 cm³/mol. The third kappa shape index (κ3) is 5.14. The van der Waals surface area contributed by atoms with Crippen molar-refractivity contribution in [1.29, 1.82) is 0 Å². The first-order valence-corrected chi connectivity index (χ1v) is 9.44. The first-order valence-electron chi connectivity index (χ1n) is 8.56. The van der Waals surface area contributed by atoms with E-state index in [1.165, 1.54) is 17.4 Å². The Kier molecular flexibility index (Phi) is 8.15. The Morgan fingerprint density at radius 1 is 1.24 bits per heavy atom. The molecule has 156 valence electrons. The minimum absolute atomic E-state index is 0. The Hall–Kier alpha value is -2.00. The molecule has 3 aromatic rings. The van der Waals surface area contributed by atoms with Gasteiger partial charge in [-0.15, -0.1) is 36.2 Å². The molecule has 3 heterocycles. The van der Waals surface area contributed by atoms with E-state index in [2.05, 4.69) is 15.6 Å². The number of rotatable bonds is 4.